The fourth-order valence-corrected chi connectivity index (χ4v) is 2.37. The first kappa shape index (κ1) is 16.3. The van der Waals surface area contributed by atoms with Crippen molar-refractivity contribution in [2.75, 3.05) is 33.2 Å². The summed E-state index contributed by atoms with van der Waals surface area (Å²) in [5.74, 6) is 1.77. The molecule has 0 radical (unpaired) electrons. The number of hydrogen-bond donors (Lipinski definition) is 2. The second-order valence-electron chi connectivity index (χ2n) is 5.66. The minimum atomic E-state index is 0.642. The lowest BCUT2D eigenvalue weighted by Gasteiger charge is -2.21. The van der Waals surface area contributed by atoms with Crippen LogP contribution in [0.1, 0.15) is 46.5 Å². The van der Waals surface area contributed by atoms with Crippen LogP contribution in [0, 0.1) is 5.92 Å². The van der Waals surface area contributed by atoms with Crippen molar-refractivity contribution >= 4 is 5.96 Å². The lowest BCUT2D eigenvalue weighted by Crippen LogP contribution is -2.40. The van der Waals surface area contributed by atoms with Gasteiger partial charge >= 0.3 is 0 Å². The smallest absolute Gasteiger partial charge is 0.191 e. The number of nitrogens with one attached hydrogen (secondary N) is 2. The Morgan fingerprint density at radius 3 is 2.32 bits per heavy atom. The Bertz CT molecular complexity index is 259. The zero-order chi connectivity index (χ0) is 14.1. The fraction of sp³-hybridized carbons (Fsp3) is 0.933. The van der Waals surface area contributed by atoms with Gasteiger partial charge in [-0.05, 0) is 51.2 Å². The van der Waals surface area contributed by atoms with Crippen LogP contribution < -0.4 is 10.6 Å². The normalized spacial score (nSPS) is 22.7. The average Bonchev–Trinajstić information content (AvgIpc) is 3.09. The summed E-state index contributed by atoms with van der Waals surface area (Å²) in [6.07, 6.45) is 4.95. The number of nitrogens with zero attached hydrogens (tertiary/aromatic N) is 2. The molecular weight excluding hydrogens is 236 g/mol. The van der Waals surface area contributed by atoms with E-state index < -0.39 is 0 Å². The molecule has 1 saturated carbocycles. The van der Waals surface area contributed by atoms with Crippen LogP contribution in [0.25, 0.3) is 0 Å². The summed E-state index contributed by atoms with van der Waals surface area (Å²) in [6.45, 7) is 11.4. The highest BCUT2D eigenvalue weighted by Gasteiger charge is 2.33. The molecule has 1 aliphatic rings. The summed E-state index contributed by atoms with van der Waals surface area (Å²) in [5, 5.41) is 6.87. The van der Waals surface area contributed by atoms with Gasteiger partial charge < -0.3 is 15.5 Å². The molecule has 0 bridgehead atoms. The van der Waals surface area contributed by atoms with Crippen LogP contribution in [0.3, 0.4) is 0 Å². The van der Waals surface area contributed by atoms with E-state index in [9.17, 15) is 0 Å². The molecule has 0 aromatic carbocycles. The Labute approximate surface area is 119 Å². The molecule has 1 rings (SSSR count). The molecule has 0 saturated heterocycles. The Balaban J connectivity index is 2.10. The van der Waals surface area contributed by atoms with Crippen LogP contribution in [-0.4, -0.2) is 50.1 Å². The van der Waals surface area contributed by atoms with Gasteiger partial charge in [-0.15, -0.1) is 0 Å². The molecule has 2 N–H and O–H groups in total. The molecule has 19 heavy (non-hydrogen) atoms. The van der Waals surface area contributed by atoms with Gasteiger partial charge in [0.1, 0.15) is 0 Å². The highest BCUT2D eigenvalue weighted by Crippen LogP contribution is 2.28. The summed E-state index contributed by atoms with van der Waals surface area (Å²) in [6, 6.07) is 0.642. The zero-order valence-electron chi connectivity index (χ0n) is 13.2. The van der Waals surface area contributed by atoms with Crippen LogP contribution in [0.2, 0.25) is 0 Å². The average molecular weight is 268 g/mol. The molecule has 0 spiro atoms. The van der Waals surface area contributed by atoms with Gasteiger partial charge in [-0.2, -0.15) is 0 Å². The Morgan fingerprint density at radius 2 is 1.84 bits per heavy atom. The van der Waals surface area contributed by atoms with Crippen molar-refractivity contribution in [1.82, 2.24) is 15.5 Å². The van der Waals surface area contributed by atoms with Crippen LogP contribution in [0.15, 0.2) is 4.99 Å². The van der Waals surface area contributed by atoms with Crippen LogP contribution in [-0.2, 0) is 0 Å². The molecule has 112 valence electrons. The van der Waals surface area contributed by atoms with Crippen molar-refractivity contribution in [2.45, 2.75) is 52.5 Å². The van der Waals surface area contributed by atoms with E-state index in [2.05, 4.69) is 41.3 Å². The molecule has 0 amide bonds. The number of rotatable bonds is 9. The Kier molecular flexibility index (Phi) is 7.87. The first-order valence-corrected chi connectivity index (χ1v) is 7.90. The minimum absolute atomic E-state index is 0.642. The zero-order valence-corrected chi connectivity index (χ0v) is 13.2. The van der Waals surface area contributed by atoms with Crippen molar-refractivity contribution < 1.29 is 0 Å². The fourth-order valence-electron chi connectivity index (χ4n) is 2.37. The van der Waals surface area contributed by atoms with Gasteiger partial charge in [0.05, 0.1) is 0 Å². The second-order valence-corrected chi connectivity index (χ2v) is 5.66. The summed E-state index contributed by atoms with van der Waals surface area (Å²) >= 11 is 0. The standard InChI is InChI=1S/C15H32N4/c1-5-9-19(10-6-2)11-7-8-17-15(16-4)18-14-12-13(14)3/h13-14H,5-12H2,1-4H3,(H2,16,17,18). The van der Waals surface area contributed by atoms with E-state index >= 15 is 0 Å². The number of hydrogen-bond acceptors (Lipinski definition) is 2. The van der Waals surface area contributed by atoms with Gasteiger partial charge in [0.25, 0.3) is 0 Å². The third kappa shape index (κ3) is 6.81. The van der Waals surface area contributed by atoms with Crippen molar-refractivity contribution in [3.8, 4) is 0 Å². The molecule has 2 unspecified atom stereocenters. The van der Waals surface area contributed by atoms with Gasteiger partial charge in [0.2, 0.25) is 0 Å². The van der Waals surface area contributed by atoms with E-state index in [1.54, 1.807) is 0 Å². The molecule has 0 aromatic rings. The lowest BCUT2D eigenvalue weighted by molar-refractivity contribution is 0.271. The maximum absolute atomic E-state index is 4.27. The summed E-state index contributed by atoms with van der Waals surface area (Å²) in [7, 11) is 1.85. The summed E-state index contributed by atoms with van der Waals surface area (Å²) in [4.78, 5) is 6.83. The Hall–Kier alpha value is -0.770. The van der Waals surface area contributed by atoms with Gasteiger partial charge in [-0.25, -0.2) is 0 Å². The second kappa shape index (κ2) is 9.18. The number of guanidine groups is 1. The predicted octanol–water partition coefficient (Wildman–Crippen LogP) is 2.07. The van der Waals surface area contributed by atoms with E-state index in [1.807, 2.05) is 7.05 Å². The highest BCUT2D eigenvalue weighted by atomic mass is 15.2. The SMILES string of the molecule is CCCN(CCC)CCCNC(=NC)NC1CC1C. The molecular formula is C15H32N4. The van der Waals surface area contributed by atoms with E-state index in [4.69, 9.17) is 0 Å². The molecule has 1 aliphatic carbocycles. The van der Waals surface area contributed by atoms with Crippen molar-refractivity contribution in [3.05, 3.63) is 0 Å². The quantitative estimate of drug-likeness (QED) is 0.382. The molecule has 0 aliphatic heterocycles. The third-order valence-electron chi connectivity index (χ3n) is 3.68. The number of aliphatic imine (C=N–C) groups is 1. The molecule has 4 heteroatoms. The maximum Gasteiger partial charge on any atom is 0.191 e. The highest BCUT2D eigenvalue weighted by molar-refractivity contribution is 5.80. The van der Waals surface area contributed by atoms with E-state index in [0.717, 1.165) is 18.4 Å². The van der Waals surface area contributed by atoms with E-state index in [-0.39, 0.29) is 0 Å². The first-order chi connectivity index (χ1) is 9.21. The lowest BCUT2D eigenvalue weighted by atomic mass is 10.3. The summed E-state index contributed by atoms with van der Waals surface area (Å²) in [5.41, 5.74) is 0. The van der Waals surface area contributed by atoms with Crippen molar-refractivity contribution in [1.29, 1.82) is 0 Å². The van der Waals surface area contributed by atoms with Gasteiger partial charge in [-0.3, -0.25) is 4.99 Å². The van der Waals surface area contributed by atoms with Gasteiger partial charge in [0.15, 0.2) is 5.96 Å². The van der Waals surface area contributed by atoms with E-state index in [0.29, 0.717) is 6.04 Å². The predicted molar refractivity (Wildman–Crippen MR) is 83.7 cm³/mol. The largest absolute Gasteiger partial charge is 0.356 e. The monoisotopic (exact) mass is 268 g/mol. The topological polar surface area (TPSA) is 39.7 Å². The molecule has 4 nitrogen and oxygen atoms in total. The van der Waals surface area contributed by atoms with E-state index in [1.165, 1.54) is 45.3 Å². The van der Waals surface area contributed by atoms with Gasteiger partial charge in [0, 0.05) is 19.6 Å². The Morgan fingerprint density at radius 1 is 1.21 bits per heavy atom. The molecule has 2 atom stereocenters. The minimum Gasteiger partial charge on any atom is -0.356 e. The van der Waals surface area contributed by atoms with Crippen LogP contribution in [0.4, 0.5) is 0 Å². The summed E-state index contributed by atoms with van der Waals surface area (Å²) < 4.78 is 0. The van der Waals surface area contributed by atoms with Crippen molar-refractivity contribution in [3.63, 3.8) is 0 Å². The maximum atomic E-state index is 4.27. The molecule has 1 fully saturated rings. The molecule has 0 aromatic heterocycles. The molecule has 0 heterocycles. The van der Waals surface area contributed by atoms with Crippen LogP contribution >= 0.6 is 0 Å². The van der Waals surface area contributed by atoms with Crippen molar-refractivity contribution in [2.24, 2.45) is 10.9 Å². The third-order valence-corrected chi connectivity index (χ3v) is 3.68. The first-order valence-electron chi connectivity index (χ1n) is 7.90. The van der Waals surface area contributed by atoms with Gasteiger partial charge in [-0.1, -0.05) is 20.8 Å². The van der Waals surface area contributed by atoms with Crippen LogP contribution in [0.5, 0.6) is 0 Å².